The van der Waals surface area contributed by atoms with Crippen LogP contribution in [-0.2, 0) is 14.8 Å². The van der Waals surface area contributed by atoms with Gasteiger partial charge in [-0.05, 0) is 44.5 Å². The highest BCUT2D eigenvalue weighted by Gasteiger charge is 2.32. The van der Waals surface area contributed by atoms with Crippen molar-refractivity contribution < 1.29 is 17.9 Å². The van der Waals surface area contributed by atoms with Crippen molar-refractivity contribution in [3.63, 3.8) is 0 Å². The maximum atomic E-state index is 12.9. The summed E-state index contributed by atoms with van der Waals surface area (Å²) >= 11 is 0. The van der Waals surface area contributed by atoms with E-state index >= 15 is 0 Å². The van der Waals surface area contributed by atoms with Gasteiger partial charge in [-0.1, -0.05) is 42.3 Å². The number of sulfonamides is 1. The molecule has 1 aliphatic rings. The van der Waals surface area contributed by atoms with Crippen LogP contribution in [0.15, 0.2) is 53.4 Å². The number of hydrogen-bond donors (Lipinski definition) is 0. The summed E-state index contributed by atoms with van der Waals surface area (Å²) in [7, 11) is -3.54. The van der Waals surface area contributed by atoms with Crippen LogP contribution in [0.25, 0.3) is 0 Å². The van der Waals surface area contributed by atoms with Crippen LogP contribution in [0.4, 0.5) is 0 Å². The summed E-state index contributed by atoms with van der Waals surface area (Å²) in [4.78, 5) is 14.9. The molecule has 1 heterocycles. The first-order valence-electron chi connectivity index (χ1n) is 9.90. The molecule has 0 radical (unpaired) electrons. The fourth-order valence-electron chi connectivity index (χ4n) is 3.30. The van der Waals surface area contributed by atoms with Crippen molar-refractivity contribution >= 4 is 15.9 Å². The van der Waals surface area contributed by atoms with Gasteiger partial charge >= 0.3 is 0 Å². The summed E-state index contributed by atoms with van der Waals surface area (Å²) in [5.41, 5.74) is 2.14. The summed E-state index contributed by atoms with van der Waals surface area (Å²) in [5, 5.41) is 0. The maximum Gasteiger partial charge on any atom is 0.263 e. The van der Waals surface area contributed by atoms with Crippen molar-refractivity contribution in [2.75, 3.05) is 26.2 Å². The molecular weight excluding hydrogens is 388 g/mol. The molecule has 2 aromatic carbocycles. The number of rotatable bonds is 6. The summed E-state index contributed by atoms with van der Waals surface area (Å²) in [6.45, 7) is 7.11. The number of piperazine rings is 1. The Morgan fingerprint density at radius 2 is 1.45 bits per heavy atom. The highest BCUT2D eigenvalue weighted by molar-refractivity contribution is 7.89. The van der Waals surface area contributed by atoms with Crippen molar-refractivity contribution in [3.05, 3.63) is 59.7 Å². The van der Waals surface area contributed by atoms with Crippen LogP contribution in [0.1, 0.15) is 24.5 Å². The molecule has 156 valence electrons. The largest absolute Gasteiger partial charge is 0.481 e. The van der Waals surface area contributed by atoms with Crippen LogP contribution in [0.5, 0.6) is 5.75 Å². The molecule has 1 atom stereocenters. The van der Waals surface area contributed by atoms with Gasteiger partial charge in [-0.3, -0.25) is 4.79 Å². The van der Waals surface area contributed by atoms with E-state index in [2.05, 4.69) is 0 Å². The number of amides is 1. The molecule has 0 bridgehead atoms. The van der Waals surface area contributed by atoms with E-state index in [1.165, 1.54) is 4.31 Å². The minimum atomic E-state index is -3.54. The van der Waals surface area contributed by atoms with Crippen LogP contribution < -0.4 is 4.74 Å². The third-order valence-corrected chi connectivity index (χ3v) is 7.07. The third kappa shape index (κ3) is 4.97. The monoisotopic (exact) mass is 416 g/mol. The van der Waals surface area contributed by atoms with Crippen LogP contribution >= 0.6 is 0 Å². The number of carbonyl (C=O) groups excluding carboxylic acids is 1. The number of hydrogen-bond acceptors (Lipinski definition) is 4. The molecule has 0 aliphatic carbocycles. The summed E-state index contributed by atoms with van der Waals surface area (Å²) < 4.78 is 33.0. The first-order valence-corrected chi connectivity index (χ1v) is 11.3. The van der Waals surface area contributed by atoms with E-state index in [9.17, 15) is 13.2 Å². The Morgan fingerprint density at radius 1 is 0.931 bits per heavy atom. The molecule has 0 aromatic heterocycles. The quantitative estimate of drug-likeness (QED) is 0.726. The van der Waals surface area contributed by atoms with E-state index in [4.69, 9.17) is 4.74 Å². The van der Waals surface area contributed by atoms with Crippen molar-refractivity contribution in [1.82, 2.24) is 9.21 Å². The number of aryl methyl sites for hydroxylation is 2. The van der Waals surface area contributed by atoms with E-state index in [0.717, 1.165) is 11.1 Å². The van der Waals surface area contributed by atoms with E-state index < -0.39 is 16.1 Å². The molecule has 0 saturated carbocycles. The maximum absolute atomic E-state index is 12.9. The van der Waals surface area contributed by atoms with Gasteiger partial charge in [0.05, 0.1) is 4.90 Å². The fourth-order valence-corrected chi connectivity index (χ4v) is 4.72. The second kappa shape index (κ2) is 8.97. The molecule has 7 heteroatoms. The molecule has 0 unspecified atom stereocenters. The lowest BCUT2D eigenvalue weighted by molar-refractivity contribution is -0.140. The van der Waals surface area contributed by atoms with Crippen molar-refractivity contribution in [1.29, 1.82) is 0 Å². The van der Waals surface area contributed by atoms with Crippen molar-refractivity contribution in [2.24, 2.45) is 0 Å². The van der Waals surface area contributed by atoms with Crippen LogP contribution in [-0.4, -0.2) is 55.8 Å². The molecular formula is C22H28N2O4S. The molecule has 29 heavy (non-hydrogen) atoms. The Kier molecular flexibility index (Phi) is 6.59. The average Bonchev–Trinajstić information content (AvgIpc) is 2.73. The highest BCUT2D eigenvalue weighted by atomic mass is 32.2. The van der Waals surface area contributed by atoms with Gasteiger partial charge in [0.1, 0.15) is 5.75 Å². The van der Waals surface area contributed by atoms with Crippen LogP contribution in [0.3, 0.4) is 0 Å². The van der Waals surface area contributed by atoms with Gasteiger partial charge in [-0.25, -0.2) is 8.42 Å². The van der Waals surface area contributed by atoms with Gasteiger partial charge in [-0.15, -0.1) is 0 Å². The Morgan fingerprint density at radius 3 is 1.97 bits per heavy atom. The van der Waals surface area contributed by atoms with Gasteiger partial charge in [0.25, 0.3) is 5.91 Å². The molecule has 1 saturated heterocycles. The molecule has 6 nitrogen and oxygen atoms in total. The molecule has 0 spiro atoms. The topological polar surface area (TPSA) is 66.9 Å². The summed E-state index contributed by atoms with van der Waals surface area (Å²) in [5.74, 6) is 0.567. The number of ether oxygens (including phenoxy) is 1. The third-order valence-electron chi connectivity index (χ3n) is 5.15. The van der Waals surface area contributed by atoms with Gasteiger partial charge < -0.3 is 9.64 Å². The molecule has 2 aromatic rings. The van der Waals surface area contributed by atoms with Crippen molar-refractivity contribution in [3.8, 4) is 5.75 Å². The smallest absolute Gasteiger partial charge is 0.263 e. The van der Waals surface area contributed by atoms with E-state index in [-0.39, 0.29) is 23.9 Å². The first kappa shape index (κ1) is 21.3. The Hall–Kier alpha value is -2.38. The number of benzene rings is 2. The zero-order chi connectivity index (χ0) is 21.0. The Labute approximate surface area is 173 Å². The van der Waals surface area contributed by atoms with Crippen LogP contribution in [0.2, 0.25) is 0 Å². The Balaban J connectivity index is 1.62. The van der Waals surface area contributed by atoms with Crippen LogP contribution in [0, 0.1) is 13.8 Å². The number of carbonyl (C=O) groups is 1. The van der Waals surface area contributed by atoms with E-state index in [1.807, 2.05) is 45.0 Å². The van der Waals surface area contributed by atoms with Gasteiger partial charge in [0.15, 0.2) is 6.10 Å². The van der Waals surface area contributed by atoms with Gasteiger partial charge in [0, 0.05) is 26.2 Å². The zero-order valence-electron chi connectivity index (χ0n) is 17.2. The average molecular weight is 417 g/mol. The lowest BCUT2D eigenvalue weighted by atomic mass is 10.2. The predicted octanol–water partition coefficient (Wildman–Crippen LogP) is 2.99. The predicted molar refractivity (Wildman–Crippen MR) is 112 cm³/mol. The highest BCUT2D eigenvalue weighted by Crippen LogP contribution is 2.20. The normalized spacial score (nSPS) is 16.4. The van der Waals surface area contributed by atoms with E-state index in [0.29, 0.717) is 25.3 Å². The lowest BCUT2D eigenvalue weighted by Crippen LogP contribution is -2.53. The number of nitrogens with zero attached hydrogens (tertiary/aromatic N) is 2. The lowest BCUT2D eigenvalue weighted by Gasteiger charge is -2.35. The van der Waals surface area contributed by atoms with Crippen molar-refractivity contribution in [2.45, 2.75) is 38.2 Å². The molecule has 0 N–H and O–H groups in total. The second-order valence-corrected chi connectivity index (χ2v) is 9.31. The van der Waals surface area contributed by atoms with E-state index in [1.54, 1.807) is 29.2 Å². The minimum Gasteiger partial charge on any atom is -0.481 e. The standard InChI is InChI=1S/C22H28N2O4S/c1-4-21(28-19-9-5-17(2)6-10-19)22(25)23-13-15-24(16-14-23)29(26,27)20-11-7-18(3)8-12-20/h5-12,21H,4,13-16H2,1-3H3/t21-/m0/s1. The molecule has 1 fully saturated rings. The van der Waals surface area contributed by atoms with Gasteiger partial charge in [-0.2, -0.15) is 4.31 Å². The summed E-state index contributed by atoms with van der Waals surface area (Å²) in [6.07, 6.45) is -0.0211. The minimum absolute atomic E-state index is 0.0968. The molecule has 1 aliphatic heterocycles. The second-order valence-electron chi connectivity index (χ2n) is 7.37. The molecule has 1 amide bonds. The molecule has 3 rings (SSSR count). The Bertz CT molecular complexity index is 932. The zero-order valence-corrected chi connectivity index (χ0v) is 18.0. The van der Waals surface area contributed by atoms with Gasteiger partial charge in [0.2, 0.25) is 10.0 Å². The fraction of sp³-hybridized carbons (Fsp3) is 0.409. The summed E-state index contributed by atoms with van der Waals surface area (Å²) in [6, 6.07) is 14.5. The first-order chi connectivity index (χ1) is 13.8. The SMILES string of the molecule is CC[C@H](Oc1ccc(C)cc1)C(=O)N1CCN(S(=O)(=O)c2ccc(C)cc2)CC1.